The van der Waals surface area contributed by atoms with Crippen molar-refractivity contribution in [3.63, 3.8) is 0 Å². The summed E-state index contributed by atoms with van der Waals surface area (Å²) in [5.41, 5.74) is 1.07. The SMILES string of the molecule is COC1(CNC(=O)CCc2ccccc2Br)C2CC3CC(C2)CC1C3. The van der Waals surface area contributed by atoms with Crippen molar-refractivity contribution in [2.24, 2.45) is 23.7 Å². The average Bonchev–Trinajstić information content (AvgIpc) is 2.60. The Kier molecular flexibility index (Phi) is 4.93. The number of aryl methyl sites for hydroxylation is 1. The van der Waals surface area contributed by atoms with Crippen LogP contribution in [0.25, 0.3) is 0 Å². The molecule has 4 bridgehead atoms. The van der Waals surface area contributed by atoms with Crippen LogP contribution in [0.5, 0.6) is 0 Å². The molecule has 5 rings (SSSR count). The van der Waals surface area contributed by atoms with Gasteiger partial charge in [0.05, 0.1) is 5.60 Å². The number of methoxy groups -OCH3 is 1. The second-order valence-corrected chi connectivity index (χ2v) is 9.19. The molecule has 0 aliphatic heterocycles. The first kappa shape index (κ1) is 17.5. The molecule has 0 saturated heterocycles. The van der Waals surface area contributed by atoms with Crippen LogP contribution < -0.4 is 5.32 Å². The van der Waals surface area contributed by atoms with E-state index in [2.05, 4.69) is 27.3 Å². The van der Waals surface area contributed by atoms with Crippen LogP contribution in [0.15, 0.2) is 28.7 Å². The molecule has 0 atom stereocenters. The Labute approximate surface area is 159 Å². The molecule has 0 aromatic heterocycles. The van der Waals surface area contributed by atoms with Gasteiger partial charge in [-0.3, -0.25) is 4.79 Å². The molecule has 3 nitrogen and oxygen atoms in total. The highest BCUT2D eigenvalue weighted by Gasteiger charge is 2.57. The van der Waals surface area contributed by atoms with Gasteiger partial charge in [-0.2, -0.15) is 0 Å². The van der Waals surface area contributed by atoms with E-state index < -0.39 is 0 Å². The third kappa shape index (κ3) is 3.28. The lowest BCUT2D eigenvalue weighted by Crippen LogP contribution is -2.63. The van der Waals surface area contributed by atoms with E-state index >= 15 is 0 Å². The molecular formula is C21H28BrNO2. The van der Waals surface area contributed by atoms with Crippen molar-refractivity contribution in [2.75, 3.05) is 13.7 Å². The summed E-state index contributed by atoms with van der Waals surface area (Å²) in [6.45, 7) is 0.688. The fraction of sp³-hybridized carbons (Fsp3) is 0.667. The van der Waals surface area contributed by atoms with Gasteiger partial charge < -0.3 is 10.1 Å². The number of carbonyl (C=O) groups excluding carboxylic acids is 1. The van der Waals surface area contributed by atoms with Gasteiger partial charge in [-0.1, -0.05) is 34.1 Å². The molecule has 136 valence electrons. The van der Waals surface area contributed by atoms with Gasteiger partial charge in [0.2, 0.25) is 5.91 Å². The summed E-state index contributed by atoms with van der Waals surface area (Å²) in [4.78, 5) is 12.4. The van der Waals surface area contributed by atoms with E-state index in [0.29, 0.717) is 24.8 Å². The molecule has 1 N–H and O–H groups in total. The molecule has 0 heterocycles. The van der Waals surface area contributed by atoms with E-state index in [1.165, 1.54) is 37.7 Å². The zero-order valence-electron chi connectivity index (χ0n) is 15.0. The predicted octanol–water partition coefficient (Wildman–Crippen LogP) is 4.34. The van der Waals surface area contributed by atoms with Gasteiger partial charge in [-0.05, 0) is 73.8 Å². The molecule has 0 unspecified atom stereocenters. The maximum atomic E-state index is 12.4. The minimum Gasteiger partial charge on any atom is -0.376 e. The Hall–Kier alpha value is -0.870. The van der Waals surface area contributed by atoms with Crippen LogP contribution in [0.3, 0.4) is 0 Å². The van der Waals surface area contributed by atoms with Crippen molar-refractivity contribution in [2.45, 2.75) is 50.5 Å². The van der Waals surface area contributed by atoms with E-state index in [-0.39, 0.29) is 11.5 Å². The van der Waals surface area contributed by atoms with E-state index in [1.54, 1.807) is 0 Å². The van der Waals surface area contributed by atoms with Gasteiger partial charge >= 0.3 is 0 Å². The first-order chi connectivity index (χ1) is 12.1. The van der Waals surface area contributed by atoms with Crippen LogP contribution in [0.1, 0.15) is 44.1 Å². The topological polar surface area (TPSA) is 38.3 Å². The number of benzene rings is 1. The third-order valence-electron chi connectivity index (χ3n) is 7.04. The van der Waals surface area contributed by atoms with Crippen LogP contribution >= 0.6 is 15.9 Å². The molecule has 4 saturated carbocycles. The number of rotatable bonds is 6. The molecule has 0 spiro atoms. The number of ether oxygens (including phenoxy) is 1. The number of halogens is 1. The number of amides is 1. The smallest absolute Gasteiger partial charge is 0.220 e. The Morgan fingerprint density at radius 2 is 1.80 bits per heavy atom. The standard InChI is InChI=1S/C21H28BrNO2/c1-25-21(17-9-14-8-15(11-17)12-18(21)10-14)13-23-20(24)7-6-16-4-2-3-5-19(16)22/h2-5,14-15,17-18H,6-13H2,1H3,(H,23,24). The maximum absolute atomic E-state index is 12.4. The summed E-state index contributed by atoms with van der Waals surface area (Å²) in [6.07, 6.45) is 7.93. The predicted molar refractivity (Wildman–Crippen MR) is 102 cm³/mol. The quantitative estimate of drug-likeness (QED) is 0.764. The third-order valence-corrected chi connectivity index (χ3v) is 7.81. The zero-order chi connectivity index (χ0) is 17.4. The van der Waals surface area contributed by atoms with Crippen molar-refractivity contribution in [1.82, 2.24) is 5.32 Å². The van der Waals surface area contributed by atoms with Crippen LogP contribution in [0, 0.1) is 23.7 Å². The van der Waals surface area contributed by atoms with Crippen LogP contribution in [0.2, 0.25) is 0 Å². The number of carbonyl (C=O) groups is 1. The fourth-order valence-corrected chi connectivity index (χ4v) is 6.43. The van der Waals surface area contributed by atoms with Crippen LogP contribution in [-0.2, 0) is 16.0 Å². The van der Waals surface area contributed by atoms with Gasteiger partial charge in [-0.25, -0.2) is 0 Å². The second-order valence-electron chi connectivity index (χ2n) is 8.33. The molecule has 25 heavy (non-hydrogen) atoms. The molecule has 0 radical (unpaired) electrons. The molecule has 4 fully saturated rings. The molecule has 4 heteroatoms. The average molecular weight is 406 g/mol. The van der Waals surface area contributed by atoms with E-state index in [0.717, 1.165) is 22.7 Å². The zero-order valence-corrected chi connectivity index (χ0v) is 16.6. The van der Waals surface area contributed by atoms with Crippen molar-refractivity contribution in [3.8, 4) is 0 Å². The first-order valence-electron chi connectivity index (χ1n) is 9.66. The molecule has 4 aliphatic carbocycles. The summed E-state index contributed by atoms with van der Waals surface area (Å²) >= 11 is 3.56. The summed E-state index contributed by atoms with van der Waals surface area (Å²) in [7, 11) is 1.86. The highest BCUT2D eigenvalue weighted by Crippen LogP contribution is 2.59. The van der Waals surface area contributed by atoms with Crippen LogP contribution in [0.4, 0.5) is 0 Å². The number of hydrogen-bond acceptors (Lipinski definition) is 2. The lowest BCUT2D eigenvalue weighted by Gasteiger charge is -2.60. The minimum atomic E-state index is -0.115. The van der Waals surface area contributed by atoms with Gasteiger partial charge in [0.1, 0.15) is 0 Å². The molecule has 1 aromatic rings. The Bertz CT molecular complexity index is 617. The Morgan fingerprint density at radius 3 is 2.40 bits per heavy atom. The highest BCUT2D eigenvalue weighted by atomic mass is 79.9. The first-order valence-corrected chi connectivity index (χ1v) is 10.4. The van der Waals surface area contributed by atoms with Crippen molar-refractivity contribution >= 4 is 21.8 Å². The van der Waals surface area contributed by atoms with Gasteiger partial charge in [0.25, 0.3) is 0 Å². The molecule has 1 aromatic carbocycles. The van der Waals surface area contributed by atoms with Gasteiger partial charge in [0, 0.05) is 24.5 Å². The molecule has 1 amide bonds. The fourth-order valence-electron chi connectivity index (χ4n) is 5.95. The van der Waals surface area contributed by atoms with Gasteiger partial charge in [-0.15, -0.1) is 0 Å². The Morgan fingerprint density at radius 1 is 1.16 bits per heavy atom. The lowest BCUT2D eigenvalue weighted by molar-refractivity contribution is -0.188. The van der Waals surface area contributed by atoms with E-state index in [1.807, 2.05) is 25.3 Å². The maximum Gasteiger partial charge on any atom is 0.220 e. The largest absolute Gasteiger partial charge is 0.376 e. The van der Waals surface area contributed by atoms with E-state index in [9.17, 15) is 4.79 Å². The van der Waals surface area contributed by atoms with E-state index in [4.69, 9.17) is 4.74 Å². The van der Waals surface area contributed by atoms with Gasteiger partial charge in [0.15, 0.2) is 0 Å². The summed E-state index contributed by atoms with van der Waals surface area (Å²) in [6, 6.07) is 8.13. The van der Waals surface area contributed by atoms with Crippen molar-refractivity contribution in [3.05, 3.63) is 34.3 Å². The minimum absolute atomic E-state index is 0.115. The van der Waals surface area contributed by atoms with Crippen molar-refractivity contribution < 1.29 is 9.53 Å². The number of nitrogens with one attached hydrogen (secondary N) is 1. The summed E-state index contributed by atoms with van der Waals surface area (Å²) < 4.78 is 7.21. The lowest BCUT2D eigenvalue weighted by atomic mass is 9.49. The monoisotopic (exact) mass is 405 g/mol. The summed E-state index contributed by atoms with van der Waals surface area (Å²) in [5.74, 6) is 3.24. The Balaban J connectivity index is 1.35. The molecule has 4 aliphatic rings. The summed E-state index contributed by atoms with van der Waals surface area (Å²) in [5, 5.41) is 3.21. The molecular weight excluding hydrogens is 378 g/mol. The number of hydrogen-bond donors (Lipinski definition) is 1. The van der Waals surface area contributed by atoms with Crippen LogP contribution in [-0.4, -0.2) is 25.2 Å². The normalized spacial score (nSPS) is 35.8. The van der Waals surface area contributed by atoms with Crippen molar-refractivity contribution in [1.29, 1.82) is 0 Å². The second kappa shape index (κ2) is 7.03. The highest BCUT2D eigenvalue weighted by molar-refractivity contribution is 9.10.